The normalized spacial score (nSPS) is 38.6. The van der Waals surface area contributed by atoms with Gasteiger partial charge in [0.15, 0.2) is 0 Å². The Balaban J connectivity index is 1.25. The molecule has 1 aromatic rings. The predicted molar refractivity (Wildman–Crippen MR) is 155 cm³/mol. The minimum Gasteiger partial charge on any atom is -0.282 e. The monoisotopic (exact) mass is 506 g/mol. The van der Waals surface area contributed by atoms with Crippen LogP contribution in [0.2, 0.25) is 0 Å². The van der Waals surface area contributed by atoms with Crippen molar-refractivity contribution in [3.63, 3.8) is 0 Å². The highest BCUT2D eigenvalue weighted by molar-refractivity contribution is 8.14. The maximum atomic E-state index is 12.9. The first-order valence-electron chi connectivity index (χ1n) is 15.2. The molecular weight excluding hydrogens is 456 g/mol. The van der Waals surface area contributed by atoms with E-state index in [4.69, 9.17) is 0 Å². The van der Waals surface area contributed by atoms with Crippen LogP contribution >= 0.6 is 11.8 Å². The molecule has 0 spiro atoms. The molecule has 8 atom stereocenters. The number of carbonyl (C=O) groups excluding carboxylic acids is 1. The van der Waals surface area contributed by atoms with Crippen LogP contribution < -0.4 is 0 Å². The third-order valence-corrected chi connectivity index (χ3v) is 12.7. The molecule has 0 aliphatic heterocycles. The van der Waals surface area contributed by atoms with E-state index >= 15 is 0 Å². The van der Waals surface area contributed by atoms with Gasteiger partial charge in [0.1, 0.15) is 0 Å². The van der Waals surface area contributed by atoms with Crippen LogP contribution in [0.3, 0.4) is 0 Å². The molecule has 0 aromatic heterocycles. The lowest BCUT2D eigenvalue weighted by molar-refractivity contribution is -0.0497. The van der Waals surface area contributed by atoms with Crippen LogP contribution in [0, 0.1) is 46.3 Å². The van der Waals surface area contributed by atoms with Gasteiger partial charge in [0.2, 0.25) is 5.12 Å². The number of hydrogen-bond donors (Lipinski definition) is 0. The quantitative estimate of drug-likeness (QED) is 0.342. The second kappa shape index (κ2) is 10.6. The lowest BCUT2D eigenvalue weighted by Gasteiger charge is -2.58. The molecule has 3 saturated carbocycles. The molecule has 1 nitrogen and oxygen atoms in total. The van der Waals surface area contributed by atoms with Crippen molar-refractivity contribution in [3.8, 4) is 0 Å². The van der Waals surface area contributed by atoms with Crippen LogP contribution in [0.4, 0.5) is 0 Å². The summed E-state index contributed by atoms with van der Waals surface area (Å²) in [5.74, 6) is 5.34. The van der Waals surface area contributed by atoms with Crippen molar-refractivity contribution in [2.45, 2.75) is 110 Å². The van der Waals surface area contributed by atoms with E-state index in [1.165, 1.54) is 64.2 Å². The van der Waals surface area contributed by atoms with Crippen LogP contribution in [0.25, 0.3) is 0 Å². The average molecular weight is 507 g/mol. The van der Waals surface area contributed by atoms with Crippen molar-refractivity contribution in [1.82, 2.24) is 0 Å². The van der Waals surface area contributed by atoms with Crippen LogP contribution in [0.15, 0.2) is 42.0 Å². The third-order valence-electron chi connectivity index (χ3n) is 11.5. The number of thioether (sulfide) groups is 1. The van der Waals surface area contributed by atoms with Crippen LogP contribution in [-0.4, -0.2) is 10.4 Å². The highest BCUT2D eigenvalue weighted by atomic mass is 32.2. The number of benzene rings is 1. The van der Waals surface area contributed by atoms with E-state index in [1.54, 1.807) is 17.3 Å². The highest BCUT2D eigenvalue weighted by Crippen LogP contribution is 2.67. The molecule has 198 valence electrons. The van der Waals surface area contributed by atoms with E-state index in [0.29, 0.717) is 16.1 Å². The summed E-state index contributed by atoms with van der Waals surface area (Å²) in [6.07, 6.45) is 17.6. The fourth-order valence-electron chi connectivity index (χ4n) is 9.55. The molecule has 2 heteroatoms. The first kappa shape index (κ1) is 26.6. The largest absolute Gasteiger partial charge is 0.282 e. The summed E-state index contributed by atoms with van der Waals surface area (Å²) in [6.45, 7) is 12.6. The van der Waals surface area contributed by atoms with Crippen LogP contribution in [0.5, 0.6) is 0 Å². The van der Waals surface area contributed by atoms with Crippen LogP contribution in [-0.2, 0) is 0 Å². The van der Waals surface area contributed by atoms with Crippen LogP contribution in [0.1, 0.15) is 116 Å². The number of fused-ring (bicyclic) bond motifs is 5. The van der Waals surface area contributed by atoms with Gasteiger partial charge in [0, 0.05) is 10.8 Å². The summed E-state index contributed by atoms with van der Waals surface area (Å²) < 4.78 is 0. The van der Waals surface area contributed by atoms with Gasteiger partial charge in [-0.15, -0.1) is 0 Å². The summed E-state index contributed by atoms with van der Waals surface area (Å²) in [5, 5.41) is 0.705. The fraction of sp³-hybridized carbons (Fsp3) is 0.735. The molecule has 0 unspecified atom stereocenters. The van der Waals surface area contributed by atoms with Crippen molar-refractivity contribution in [2.75, 3.05) is 0 Å². The Kier molecular flexibility index (Phi) is 7.85. The zero-order chi connectivity index (χ0) is 25.5. The summed E-state index contributed by atoms with van der Waals surface area (Å²) in [6, 6.07) is 9.88. The summed E-state index contributed by atoms with van der Waals surface area (Å²) in [7, 11) is 0. The van der Waals surface area contributed by atoms with Gasteiger partial charge in [-0.3, -0.25) is 4.79 Å². The molecule has 0 radical (unpaired) electrons. The van der Waals surface area contributed by atoms with Gasteiger partial charge in [-0.2, -0.15) is 0 Å². The molecule has 4 aliphatic rings. The zero-order valence-corrected chi connectivity index (χ0v) is 24.4. The Morgan fingerprint density at radius 1 is 0.972 bits per heavy atom. The SMILES string of the molecule is CC(C)CCC[C@@H](C)[C@H]1CC[C@H]2[C@@H]3CC=C4C[C@@H](SC(=O)c5ccccc5)CC[C@]4(C)[C@H]3CC[C@]12C. The molecule has 4 aliphatic carbocycles. The molecule has 0 amide bonds. The molecule has 0 saturated heterocycles. The first-order chi connectivity index (χ1) is 17.2. The van der Waals surface area contributed by atoms with Gasteiger partial charge in [0.05, 0.1) is 0 Å². The summed E-state index contributed by atoms with van der Waals surface area (Å²) >= 11 is 1.60. The smallest absolute Gasteiger partial charge is 0.219 e. The molecule has 1 aromatic carbocycles. The molecular formula is C34H50OS. The molecule has 0 bridgehead atoms. The van der Waals surface area contributed by atoms with Crippen molar-refractivity contribution < 1.29 is 4.79 Å². The van der Waals surface area contributed by atoms with Crippen molar-refractivity contribution in [2.24, 2.45) is 46.3 Å². The van der Waals surface area contributed by atoms with Gasteiger partial charge in [-0.1, -0.05) is 108 Å². The summed E-state index contributed by atoms with van der Waals surface area (Å²) in [5.41, 5.74) is 3.50. The predicted octanol–water partition coefficient (Wildman–Crippen LogP) is 9.97. The van der Waals surface area contributed by atoms with E-state index in [2.05, 4.69) is 40.7 Å². The second-order valence-electron chi connectivity index (χ2n) is 13.9. The van der Waals surface area contributed by atoms with Gasteiger partial charge in [-0.05, 0) is 97.7 Å². The molecule has 5 rings (SSSR count). The number of allylic oxidation sites excluding steroid dienone is 2. The molecule has 0 N–H and O–H groups in total. The van der Waals surface area contributed by atoms with E-state index in [0.717, 1.165) is 47.5 Å². The molecule has 36 heavy (non-hydrogen) atoms. The maximum absolute atomic E-state index is 12.9. The van der Waals surface area contributed by atoms with Crippen molar-refractivity contribution in [3.05, 3.63) is 47.5 Å². The maximum Gasteiger partial charge on any atom is 0.219 e. The Morgan fingerprint density at radius 3 is 2.50 bits per heavy atom. The lowest BCUT2D eigenvalue weighted by atomic mass is 9.47. The standard InChI is InChI=1S/C34H50OS/c1-23(2)10-9-11-24(3)29-16-17-30-28-15-14-26-22-27(36-32(35)25-12-7-6-8-13-25)18-20-33(26,4)31(28)19-21-34(29,30)5/h6-8,12-14,23-24,27-31H,9-11,15-22H2,1-5H3/t24-,27+,28+,29-,30+,31+,33+,34-/m1/s1. The number of rotatable bonds is 7. The first-order valence-corrected chi connectivity index (χ1v) is 16.1. The van der Waals surface area contributed by atoms with E-state index in [1.807, 2.05) is 30.3 Å². The Morgan fingerprint density at radius 2 is 1.75 bits per heavy atom. The third kappa shape index (κ3) is 4.90. The minimum atomic E-state index is 0.256. The number of hydrogen-bond acceptors (Lipinski definition) is 2. The fourth-order valence-corrected chi connectivity index (χ4v) is 10.6. The van der Waals surface area contributed by atoms with Gasteiger partial charge in [-0.25, -0.2) is 0 Å². The Bertz CT molecular complexity index is 949. The lowest BCUT2D eigenvalue weighted by Crippen LogP contribution is -2.50. The Labute approximate surface area is 225 Å². The Hall–Kier alpha value is -1.02. The average Bonchev–Trinajstić information content (AvgIpc) is 3.22. The second-order valence-corrected chi connectivity index (χ2v) is 15.2. The summed E-state index contributed by atoms with van der Waals surface area (Å²) in [4.78, 5) is 12.9. The molecule has 0 heterocycles. The van der Waals surface area contributed by atoms with E-state index < -0.39 is 0 Å². The van der Waals surface area contributed by atoms with Crippen molar-refractivity contribution >= 4 is 16.9 Å². The number of carbonyl (C=O) groups is 1. The van der Waals surface area contributed by atoms with E-state index in [9.17, 15) is 4.79 Å². The van der Waals surface area contributed by atoms with Gasteiger partial charge < -0.3 is 0 Å². The van der Waals surface area contributed by atoms with Gasteiger partial charge >= 0.3 is 0 Å². The minimum absolute atomic E-state index is 0.256. The zero-order valence-electron chi connectivity index (χ0n) is 23.6. The highest BCUT2D eigenvalue weighted by Gasteiger charge is 2.59. The van der Waals surface area contributed by atoms with E-state index in [-0.39, 0.29) is 5.12 Å². The van der Waals surface area contributed by atoms with Crippen molar-refractivity contribution in [1.29, 1.82) is 0 Å². The van der Waals surface area contributed by atoms with Gasteiger partial charge in [0.25, 0.3) is 0 Å². The topological polar surface area (TPSA) is 17.1 Å². The molecule has 3 fully saturated rings.